The predicted molar refractivity (Wildman–Crippen MR) is 50.6 cm³/mol. The maximum absolute atomic E-state index is 10.7. The van der Waals surface area contributed by atoms with E-state index < -0.39 is 11.9 Å². The number of nitrogens with one attached hydrogen (secondary N) is 1. The van der Waals surface area contributed by atoms with Crippen LogP contribution in [0, 0.1) is 11.3 Å². The zero-order chi connectivity index (χ0) is 11.3. The molecule has 0 fully saturated rings. The number of carbonyl (C=O) groups excluding carboxylic acids is 1. The lowest BCUT2D eigenvalue weighted by atomic mass is 10.1. The first kappa shape index (κ1) is 10.7. The number of nitriles is 1. The zero-order valence-corrected chi connectivity index (χ0v) is 7.73. The van der Waals surface area contributed by atoms with Gasteiger partial charge in [0.2, 0.25) is 0 Å². The van der Waals surface area contributed by atoms with Crippen molar-refractivity contribution in [1.82, 2.24) is 5.32 Å². The molecule has 0 bridgehead atoms. The van der Waals surface area contributed by atoms with Crippen molar-refractivity contribution in [2.45, 2.75) is 6.54 Å². The van der Waals surface area contributed by atoms with Gasteiger partial charge in [0, 0.05) is 6.54 Å². The first-order valence-corrected chi connectivity index (χ1v) is 4.13. The fourth-order valence-electron chi connectivity index (χ4n) is 1.01. The maximum Gasteiger partial charge on any atom is 0.394 e. The third-order valence-corrected chi connectivity index (χ3v) is 1.70. The molecule has 0 unspecified atom stereocenters. The Morgan fingerprint density at radius 1 is 1.47 bits per heavy atom. The normalized spacial score (nSPS) is 9.00. The minimum absolute atomic E-state index is 0.0979. The van der Waals surface area contributed by atoms with Crippen LogP contribution in [-0.2, 0) is 16.1 Å². The van der Waals surface area contributed by atoms with Gasteiger partial charge >= 0.3 is 11.9 Å². The number of carbonyl (C=O) groups is 2. The van der Waals surface area contributed by atoms with Gasteiger partial charge in [-0.2, -0.15) is 5.26 Å². The summed E-state index contributed by atoms with van der Waals surface area (Å²) in [4.78, 5) is 20.9. The van der Waals surface area contributed by atoms with Crippen LogP contribution < -0.4 is 5.32 Å². The molecule has 5 nitrogen and oxygen atoms in total. The third kappa shape index (κ3) is 3.12. The highest BCUT2D eigenvalue weighted by Crippen LogP contribution is 2.03. The van der Waals surface area contributed by atoms with E-state index in [-0.39, 0.29) is 6.54 Å². The Hall–Kier alpha value is -2.35. The summed E-state index contributed by atoms with van der Waals surface area (Å²) in [6.07, 6.45) is 0. The van der Waals surface area contributed by atoms with Crippen LogP contribution >= 0.6 is 0 Å². The molecule has 1 aromatic carbocycles. The van der Waals surface area contributed by atoms with Gasteiger partial charge in [0.25, 0.3) is 0 Å². The fourth-order valence-corrected chi connectivity index (χ4v) is 1.01. The van der Waals surface area contributed by atoms with Crippen LogP contribution in [0.2, 0.25) is 0 Å². The summed E-state index contributed by atoms with van der Waals surface area (Å²) in [5.41, 5.74) is 1.15. The van der Waals surface area contributed by atoms with Crippen molar-refractivity contribution < 1.29 is 14.7 Å². The van der Waals surface area contributed by atoms with Crippen molar-refractivity contribution in [3.8, 4) is 6.07 Å². The predicted octanol–water partition coefficient (Wildman–Crippen LogP) is 0.259. The van der Waals surface area contributed by atoms with E-state index in [9.17, 15) is 9.59 Å². The minimum atomic E-state index is -1.52. The lowest BCUT2D eigenvalue weighted by molar-refractivity contribution is -0.150. The summed E-state index contributed by atoms with van der Waals surface area (Å²) in [6.45, 7) is 0.0979. The molecule has 15 heavy (non-hydrogen) atoms. The quantitative estimate of drug-likeness (QED) is 0.676. The van der Waals surface area contributed by atoms with Gasteiger partial charge in [-0.05, 0) is 17.7 Å². The van der Waals surface area contributed by atoms with Gasteiger partial charge in [-0.1, -0.05) is 12.1 Å². The molecule has 2 N–H and O–H groups in total. The summed E-state index contributed by atoms with van der Waals surface area (Å²) < 4.78 is 0. The molecule has 1 rings (SSSR count). The Morgan fingerprint density at radius 2 is 2.20 bits per heavy atom. The molecule has 0 saturated carbocycles. The van der Waals surface area contributed by atoms with Crippen molar-refractivity contribution in [3.63, 3.8) is 0 Å². The molecule has 0 radical (unpaired) electrons. The van der Waals surface area contributed by atoms with Gasteiger partial charge in [-0.15, -0.1) is 0 Å². The number of hydrogen-bond acceptors (Lipinski definition) is 3. The number of aliphatic carboxylic acids is 1. The Labute approximate surface area is 86.0 Å². The van der Waals surface area contributed by atoms with Crippen LogP contribution in [0.4, 0.5) is 0 Å². The molecule has 0 aliphatic rings. The van der Waals surface area contributed by atoms with Crippen molar-refractivity contribution in [2.24, 2.45) is 0 Å². The number of carboxylic acids is 1. The zero-order valence-electron chi connectivity index (χ0n) is 7.73. The van der Waals surface area contributed by atoms with Gasteiger partial charge in [0.1, 0.15) is 0 Å². The van der Waals surface area contributed by atoms with Gasteiger partial charge in [0.05, 0.1) is 11.6 Å². The first-order chi connectivity index (χ1) is 7.13. The molecular weight excluding hydrogens is 196 g/mol. The Bertz CT molecular complexity index is 435. The van der Waals surface area contributed by atoms with Crippen molar-refractivity contribution in [3.05, 3.63) is 35.4 Å². The number of benzene rings is 1. The molecule has 1 amide bonds. The van der Waals surface area contributed by atoms with Crippen LogP contribution in [0.1, 0.15) is 11.1 Å². The molecule has 1 aromatic rings. The van der Waals surface area contributed by atoms with Crippen molar-refractivity contribution in [1.29, 1.82) is 5.26 Å². The highest BCUT2D eigenvalue weighted by Gasteiger charge is 2.09. The summed E-state index contributed by atoms with van der Waals surface area (Å²) in [6, 6.07) is 8.53. The highest BCUT2D eigenvalue weighted by molar-refractivity contribution is 6.31. The summed E-state index contributed by atoms with van der Waals surface area (Å²) in [5, 5.41) is 19.1. The minimum Gasteiger partial charge on any atom is -0.474 e. The number of carboxylic acid groups (broad SMARTS) is 1. The average molecular weight is 204 g/mol. The van der Waals surface area contributed by atoms with E-state index in [4.69, 9.17) is 10.4 Å². The largest absolute Gasteiger partial charge is 0.474 e. The lowest BCUT2D eigenvalue weighted by Crippen LogP contribution is -2.30. The summed E-state index contributed by atoms with van der Waals surface area (Å²) >= 11 is 0. The van der Waals surface area contributed by atoms with E-state index in [0.717, 1.165) is 0 Å². The van der Waals surface area contributed by atoms with Crippen LogP contribution in [0.5, 0.6) is 0 Å². The Balaban J connectivity index is 2.62. The van der Waals surface area contributed by atoms with Crippen LogP contribution in [-0.4, -0.2) is 17.0 Å². The van der Waals surface area contributed by atoms with E-state index in [0.29, 0.717) is 11.1 Å². The van der Waals surface area contributed by atoms with E-state index in [2.05, 4.69) is 5.32 Å². The number of amides is 1. The Morgan fingerprint density at radius 3 is 2.80 bits per heavy atom. The molecule has 0 heterocycles. The third-order valence-electron chi connectivity index (χ3n) is 1.70. The van der Waals surface area contributed by atoms with Crippen LogP contribution in [0.25, 0.3) is 0 Å². The van der Waals surface area contributed by atoms with E-state index in [1.165, 1.54) is 0 Å². The molecular formula is C10H8N2O3. The molecule has 0 aliphatic carbocycles. The topological polar surface area (TPSA) is 90.2 Å². The molecule has 0 aliphatic heterocycles. The molecule has 0 saturated heterocycles. The average Bonchev–Trinajstić information content (AvgIpc) is 2.26. The van der Waals surface area contributed by atoms with Crippen LogP contribution in [0.15, 0.2) is 24.3 Å². The standard InChI is InChI=1S/C10H8N2O3/c11-5-7-2-1-3-8(4-7)6-12-9(13)10(14)15/h1-4H,6H2,(H,12,13)(H,14,15). The lowest BCUT2D eigenvalue weighted by Gasteiger charge is -2.02. The van der Waals surface area contributed by atoms with Gasteiger partial charge < -0.3 is 10.4 Å². The fraction of sp³-hybridized carbons (Fsp3) is 0.100. The molecule has 0 atom stereocenters. The molecule has 76 valence electrons. The Kier molecular flexibility index (Phi) is 3.41. The van der Waals surface area contributed by atoms with E-state index >= 15 is 0 Å². The van der Waals surface area contributed by atoms with Crippen molar-refractivity contribution in [2.75, 3.05) is 0 Å². The van der Waals surface area contributed by atoms with E-state index in [1.807, 2.05) is 6.07 Å². The van der Waals surface area contributed by atoms with Crippen molar-refractivity contribution >= 4 is 11.9 Å². The second kappa shape index (κ2) is 4.77. The van der Waals surface area contributed by atoms with E-state index in [1.54, 1.807) is 24.3 Å². The summed E-state index contributed by atoms with van der Waals surface area (Å²) in [5.74, 6) is -2.58. The molecule has 0 spiro atoms. The highest BCUT2D eigenvalue weighted by atomic mass is 16.4. The maximum atomic E-state index is 10.7. The number of rotatable bonds is 2. The first-order valence-electron chi connectivity index (χ1n) is 4.13. The molecule has 5 heteroatoms. The monoisotopic (exact) mass is 204 g/mol. The number of nitrogens with zero attached hydrogens (tertiary/aromatic N) is 1. The number of hydrogen-bond donors (Lipinski definition) is 2. The van der Waals surface area contributed by atoms with Crippen LogP contribution in [0.3, 0.4) is 0 Å². The van der Waals surface area contributed by atoms with Gasteiger partial charge in [0.15, 0.2) is 0 Å². The summed E-state index contributed by atoms with van der Waals surface area (Å²) in [7, 11) is 0. The SMILES string of the molecule is N#Cc1cccc(CNC(=O)C(=O)O)c1. The van der Waals surface area contributed by atoms with Gasteiger partial charge in [-0.3, -0.25) is 4.79 Å². The molecule has 0 aromatic heterocycles. The smallest absolute Gasteiger partial charge is 0.394 e. The van der Waals surface area contributed by atoms with Gasteiger partial charge in [-0.25, -0.2) is 4.79 Å². The second-order valence-corrected chi connectivity index (χ2v) is 2.80. The second-order valence-electron chi connectivity index (χ2n) is 2.80.